The molecule has 0 amide bonds. The quantitative estimate of drug-likeness (QED) is 0.198. The Morgan fingerprint density at radius 3 is 2.24 bits per heavy atom. The largest absolute Gasteiger partial charge is 0.484 e. The Morgan fingerprint density at radius 2 is 1.67 bits per heavy atom. The fourth-order valence-electron chi connectivity index (χ4n) is 4.03. The lowest BCUT2D eigenvalue weighted by atomic mass is 9.83. The van der Waals surface area contributed by atoms with Crippen molar-refractivity contribution >= 4 is 5.97 Å². The Labute approximate surface area is 233 Å². The van der Waals surface area contributed by atoms with Gasteiger partial charge in [-0.2, -0.15) is 22.0 Å². The zero-order valence-corrected chi connectivity index (χ0v) is 21.4. The van der Waals surface area contributed by atoms with Gasteiger partial charge in [-0.25, -0.2) is 13.5 Å². The molecule has 222 valence electrons. The Hall–Kier alpha value is -4.60. The third kappa shape index (κ3) is 6.64. The van der Waals surface area contributed by atoms with Gasteiger partial charge in [0.05, 0.1) is 13.0 Å². The third-order valence-electron chi connectivity index (χ3n) is 5.96. The molecule has 0 fully saturated rings. The van der Waals surface area contributed by atoms with Gasteiger partial charge < -0.3 is 15.2 Å². The molecule has 9 nitrogen and oxygen atoms in total. The molecule has 0 radical (unpaired) electrons. The van der Waals surface area contributed by atoms with Crippen LogP contribution in [0.3, 0.4) is 0 Å². The topological polar surface area (TPSA) is 118 Å². The maximum absolute atomic E-state index is 16.6. The fraction of sp³-hybridized carbons (Fsp3) is 0.269. The van der Waals surface area contributed by atoms with Crippen molar-refractivity contribution in [2.75, 3.05) is 13.2 Å². The average molecular weight is 598 g/mol. The molecule has 2 N–H and O–H groups in total. The van der Waals surface area contributed by atoms with E-state index in [1.165, 1.54) is 30.3 Å². The Bertz CT molecular complexity index is 1500. The van der Waals surface area contributed by atoms with Crippen LogP contribution in [0.25, 0.3) is 11.1 Å². The summed E-state index contributed by atoms with van der Waals surface area (Å²) in [7, 11) is 0. The second-order valence-corrected chi connectivity index (χ2v) is 8.91. The molecule has 1 unspecified atom stereocenters. The van der Waals surface area contributed by atoms with E-state index in [2.05, 4.69) is 25.2 Å². The van der Waals surface area contributed by atoms with E-state index in [0.717, 1.165) is 35.4 Å². The molecule has 0 saturated heterocycles. The number of nitrogens with zero attached hydrogens (tertiary/aromatic N) is 5. The second-order valence-electron chi connectivity index (χ2n) is 8.91. The summed E-state index contributed by atoms with van der Waals surface area (Å²) in [4.78, 5) is 16.4. The first-order valence-electron chi connectivity index (χ1n) is 12.1. The molecule has 0 aliphatic carbocycles. The van der Waals surface area contributed by atoms with Gasteiger partial charge in [0.15, 0.2) is 6.61 Å². The van der Waals surface area contributed by atoms with Gasteiger partial charge in [0.1, 0.15) is 29.4 Å². The highest BCUT2D eigenvalue weighted by Crippen LogP contribution is 2.50. The van der Waals surface area contributed by atoms with Crippen molar-refractivity contribution < 1.29 is 45.0 Å². The number of alkyl halides is 5. The van der Waals surface area contributed by atoms with Crippen LogP contribution in [0.1, 0.15) is 17.7 Å². The Balaban J connectivity index is 1.75. The molecule has 2 aromatic heterocycles. The zero-order valence-electron chi connectivity index (χ0n) is 21.4. The van der Waals surface area contributed by atoms with Crippen molar-refractivity contribution in [3.63, 3.8) is 0 Å². The van der Waals surface area contributed by atoms with Gasteiger partial charge in [0, 0.05) is 29.9 Å². The minimum absolute atomic E-state index is 0.0693. The smallest absolute Gasteiger partial charge is 0.422 e. The molecule has 0 saturated carbocycles. The number of pyridine rings is 1. The van der Waals surface area contributed by atoms with Crippen LogP contribution in [-0.2, 0) is 27.6 Å². The third-order valence-corrected chi connectivity index (χ3v) is 5.96. The lowest BCUT2D eigenvalue weighted by molar-refractivity contribution is -0.232. The van der Waals surface area contributed by atoms with Crippen LogP contribution in [0.2, 0.25) is 0 Å². The summed E-state index contributed by atoms with van der Waals surface area (Å²) < 4.78 is 110. The van der Waals surface area contributed by atoms with Crippen LogP contribution in [0, 0.1) is 11.6 Å². The van der Waals surface area contributed by atoms with Gasteiger partial charge in [0.25, 0.3) is 0 Å². The number of carbonyl (C=O) groups excluding carboxylic acids is 1. The van der Waals surface area contributed by atoms with Crippen LogP contribution in [0.15, 0.2) is 67.1 Å². The molecular weight excluding hydrogens is 577 g/mol. The van der Waals surface area contributed by atoms with Crippen LogP contribution < -0.4 is 10.5 Å². The van der Waals surface area contributed by atoms with Crippen LogP contribution in [0.5, 0.6) is 5.75 Å². The Kier molecular flexibility index (Phi) is 8.75. The first-order valence-corrected chi connectivity index (χ1v) is 12.1. The SMILES string of the molecule is NCCC(=O)OC(Cn1cnnn1)(c1ccc(F)cc1F)C(F)(F)c1ccc(-c2ccc(OCC(F)(F)F)cc2)cn1. The lowest BCUT2D eigenvalue weighted by Crippen LogP contribution is -2.51. The normalized spacial score (nSPS) is 13.4. The first kappa shape index (κ1) is 30.4. The van der Waals surface area contributed by atoms with Gasteiger partial charge in [-0.3, -0.25) is 9.78 Å². The van der Waals surface area contributed by atoms with E-state index in [1.54, 1.807) is 0 Å². The molecule has 2 heterocycles. The minimum atomic E-state index is -4.53. The summed E-state index contributed by atoms with van der Waals surface area (Å²) in [5, 5.41) is 10.3. The number of hydrogen-bond acceptors (Lipinski definition) is 8. The predicted molar refractivity (Wildman–Crippen MR) is 131 cm³/mol. The highest BCUT2D eigenvalue weighted by molar-refractivity contribution is 5.70. The molecule has 4 aromatic rings. The van der Waals surface area contributed by atoms with Gasteiger partial charge in [-0.15, -0.1) is 5.10 Å². The molecule has 0 aliphatic heterocycles. The zero-order chi connectivity index (χ0) is 30.5. The van der Waals surface area contributed by atoms with Gasteiger partial charge in [-0.1, -0.05) is 18.2 Å². The van der Waals surface area contributed by atoms with Crippen molar-refractivity contribution in [3.8, 4) is 16.9 Å². The van der Waals surface area contributed by atoms with Crippen molar-refractivity contribution in [2.45, 2.75) is 30.7 Å². The summed E-state index contributed by atoms with van der Waals surface area (Å²) >= 11 is 0. The molecule has 0 aliphatic rings. The molecule has 0 bridgehead atoms. The number of hydrogen-bond donors (Lipinski definition) is 1. The number of nitrogens with two attached hydrogens (primary N) is 1. The molecule has 4 rings (SSSR count). The second kappa shape index (κ2) is 12.1. The number of esters is 1. The summed E-state index contributed by atoms with van der Waals surface area (Å²) in [6.45, 7) is -2.77. The van der Waals surface area contributed by atoms with Crippen molar-refractivity contribution in [1.29, 1.82) is 0 Å². The fourth-order valence-corrected chi connectivity index (χ4v) is 4.03. The molecule has 0 spiro atoms. The predicted octanol–water partition coefficient (Wildman–Crippen LogP) is 4.53. The van der Waals surface area contributed by atoms with Crippen molar-refractivity contribution in [1.82, 2.24) is 25.2 Å². The van der Waals surface area contributed by atoms with E-state index in [4.69, 9.17) is 10.5 Å². The summed E-state index contributed by atoms with van der Waals surface area (Å²) in [5.41, 5.74) is 1.07. The maximum Gasteiger partial charge on any atom is 0.422 e. The minimum Gasteiger partial charge on any atom is -0.484 e. The van der Waals surface area contributed by atoms with Crippen molar-refractivity contribution in [3.05, 3.63) is 90.0 Å². The lowest BCUT2D eigenvalue weighted by Gasteiger charge is -2.39. The molecule has 16 heteroatoms. The summed E-state index contributed by atoms with van der Waals surface area (Å²) in [6.07, 6.45) is -3.06. The van der Waals surface area contributed by atoms with Crippen molar-refractivity contribution in [2.24, 2.45) is 5.73 Å². The van der Waals surface area contributed by atoms with Gasteiger partial charge in [0.2, 0.25) is 5.60 Å². The average Bonchev–Trinajstić information content (AvgIpc) is 3.44. The standard InChI is InChI=1S/C26H21F7N6O3/c27-18-4-7-20(21(28)11-18)24(42-23(40)9-10-34,13-39-15-36-37-38-39)26(32,33)22-8-3-17(12-35-22)16-1-5-19(6-2-16)41-14-25(29,30)31/h1-8,11-12,15H,9-10,13-14,34H2. The first-order chi connectivity index (χ1) is 19.8. The number of ether oxygens (including phenoxy) is 2. The van der Waals surface area contributed by atoms with E-state index in [0.29, 0.717) is 11.6 Å². The number of halogens is 7. The van der Waals surface area contributed by atoms with E-state index in [-0.39, 0.29) is 17.9 Å². The van der Waals surface area contributed by atoms with Gasteiger partial charge in [-0.05, 0) is 46.3 Å². The van der Waals surface area contributed by atoms with E-state index < -0.39 is 66.1 Å². The number of tetrazole rings is 1. The molecule has 42 heavy (non-hydrogen) atoms. The number of aromatic nitrogens is 5. The maximum atomic E-state index is 16.6. The monoisotopic (exact) mass is 598 g/mol. The Morgan fingerprint density at radius 1 is 0.952 bits per heavy atom. The van der Waals surface area contributed by atoms with E-state index >= 15 is 13.2 Å². The number of rotatable bonds is 11. The van der Waals surface area contributed by atoms with Crippen LogP contribution >= 0.6 is 0 Å². The molecular formula is C26H21F7N6O3. The van der Waals surface area contributed by atoms with E-state index in [9.17, 15) is 22.4 Å². The molecule has 2 aromatic carbocycles. The van der Waals surface area contributed by atoms with Gasteiger partial charge >= 0.3 is 18.1 Å². The number of carbonyl (C=O) groups is 1. The highest BCUT2D eigenvalue weighted by Gasteiger charge is 2.62. The summed E-state index contributed by atoms with van der Waals surface area (Å²) in [5.74, 6) is -8.07. The van der Waals surface area contributed by atoms with Crippen LogP contribution in [-0.4, -0.2) is 50.5 Å². The van der Waals surface area contributed by atoms with Crippen LogP contribution in [0.4, 0.5) is 30.7 Å². The highest BCUT2D eigenvalue weighted by atomic mass is 19.4. The van der Waals surface area contributed by atoms with E-state index in [1.807, 2.05) is 0 Å². The number of benzene rings is 2. The summed E-state index contributed by atoms with van der Waals surface area (Å²) in [6, 6.07) is 9.23. The molecule has 1 atom stereocenters.